The normalized spacial score (nSPS) is 11.2. The first-order chi connectivity index (χ1) is 15.5. The van der Waals surface area contributed by atoms with Gasteiger partial charge in [0.25, 0.3) is 5.56 Å². The lowest BCUT2D eigenvalue weighted by atomic mass is 10.1. The van der Waals surface area contributed by atoms with Gasteiger partial charge in [-0.1, -0.05) is 35.9 Å². The van der Waals surface area contributed by atoms with Crippen LogP contribution in [-0.4, -0.2) is 28.5 Å². The van der Waals surface area contributed by atoms with Gasteiger partial charge in [-0.3, -0.25) is 9.79 Å². The number of aromatic hydroxyl groups is 1. The van der Waals surface area contributed by atoms with Crippen LogP contribution in [0.5, 0.6) is 5.88 Å². The molecule has 4 aromatic rings. The fraction of sp³-hybridized carbons (Fsp3) is 0.0800. The average Bonchev–Trinajstić information content (AvgIpc) is 2.80. The van der Waals surface area contributed by atoms with Crippen LogP contribution in [0.15, 0.2) is 82.6 Å². The lowest BCUT2D eigenvalue weighted by molar-refractivity contribution is 0.0526. The molecule has 4 rings (SSSR count). The Morgan fingerprint density at radius 2 is 1.78 bits per heavy atom. The van der Waals surface area contributed by atoms with Gasteiger partial charge in [-0.2, -0.15) is 0 Å². The van der Waals surface area contributed by atoms with E-state index in [0.29, 0.717) is 38.3 Å². The Labute approximate surface area is 189 Å². The van der Waals surface area contributed by atoms with Crippen molar-refractivity contribution >= 4 is 40.2 Å². The molecule has 0 saturated carbocycles. The fourth-order valence-corrected chi connectivity index (χ4v) is 3.57. The molecule has 1 heterocycles. The van der Waals surface area contributed by atoms with E-state index in [0.717, 1.165) is 0 Å². The van der Waals surface area contributed by atoms with Crippen molar-refractivity contribution in [3.8, 4) is 11.6 Å². The number of pyridine rings is 1. The number of ether oxygens (including phenoxy) is 1. The topological polar surface area (TPSA) is 80.9 Å². The zero-order valence-corrected chi connectivity index (χ0v) is 17.9. The highest BCUT2D eigenvalue weighted by atomic mass is 35.5. The van der Waals surface area contributed by atoms with Crippen molar-refractivity contribution in [1.29, 1.82) is 0 Å². The molecule has 1 aromatic heterocycles. The van der Waals surface area contributed by atoms with Gasteiger partial charge in [0.15, 0.2) is 0 Å². The summed E-state index contributed by atoms with van der Waals surface area (Å²) in [6.45, 7) is 1.99. The standard InChI is InChI=1S/C25H19ClN2O4/c1-2-32-25(31)16-10-12-19(13-11-16)28-23(29)21-9-4-3-8-20(21)22(24(28)30)15-27-18-7-5-6-17(26)14-18/h3-15,30H,2H2,1H3. The second kappa shape index (κ2) is 9.08. The zero-order chi connectivity index (χ0) is 22.7. The van der Waals surface area contributed by atoms with Crippen LogP contribution in [0.25, 0.3) is 16.5 Å². The van der Waals surface area contributed by atoms with E-state index in [-0.39, 0.29) is 18.0 Å². The minimum Gasteiger partial charge on any atom is -0.494 e. The number of rotatable bonds is 5. The summed E-state index contributed by atoms with van der Waals surface area (Å²) in [5.41, 5.74) is 1.37. The van der Waals surface area contributed by atoms with Crippen LogP contribution in [-0.2, 0) is 4.74 Å². The van der Waals surface area contributed by atoms with Gasteiger partial charge in [0.2, 0.25) is 5.88 Å². The van der Waals surface area contributed by atoms with E-state index in [4.69, 9.17) is 16.3 Å². The highest BCUT2D eigenvalue weighted by Gasteiger charge is 2.17. The second-order valence-corrected chi connectivity index (χ2v) is 7.37. The number of nitrogens with zero attached hydrogens (tertiary/aromatic N) is 2. The molecule has 0 atom stereocenters. The molecule has 160 valence electrons. The van der Waals surface area contributed by atoms with Gasteiger partial charge in [-0.05, 0) is 55.5 Å². The Hall–Kier alpha value is -3.90. The maximum Gasteiger partial charge on any atom is 0.338 e. The summed E-state index contributed by atoms with van der Waals surface area (Å²) >= 11 is 6.03. The molecule has 3 aromatic carbocycles. The predicted molar refractivity (Wildman–Crippen MR) is 126 cm³/mol. The Morgan fingerprint density at radius 3 is 2.47 bits per heavy atom. The van der Waals surface area contributed by atoms with Crippen LogP contribution in [0, 0.1) is 0 Å². The number of aliphatic imine (C=N–C) groups is 1. The van der Waals surface area contributed by atoms with Gasteiger partial charge >= 0.3 is 5.97 Å². The SMILES string of the molecule is CCOC(=O)c1ccc(-n2c(O)c(C=Nc3cccc(Cl)c3)c3ccccc3c2=O)cc1. The van der Waals surface area contributed by atoms with E-state index in [9.17, 15) is 14.7 Å². The minimum absolute atomic E-state index is 0.261. The number of benzene rings is 3. The molecular formula is C25H19ClN2O4. The van der Waals surface area contributed by atoms with Crippen LogP contribution in [0.3, 0.4) is 0 Å². The van der Waals surface area contributed by atoms with Gasteiger partial charge in [0.05, 0.1) is 29.1 Å². The van der Waals surface area contributed by atoms with Crippen molar-refractivity contribution in [2.24, 2.45) is 4.99 Å². The number of esters is 1. The van der Waals surface area contributed by atoms with Crippen molar-refractivity contribution in [3.05, 3.63) is 99.3 Å². The van der Waals surface area contributed by atoms with Gasteiger partial charge in [-0.15, -0.1) is 0 Å². The molecule has 0 aliphatic rings. The van der Waals surface area contributed by atoms with Crippen molar-refractivity contribution in [2.75, 3.05) is 6.61 Å². The van der Waals surface area contributed by atoms with Crippen LogP contribution in [0.4, 0.5) is 5.69 Å². The van der Waals surface area contributed by atoms with E-state index in [2.05, 4.69) is 4.99 Å². The molecule has 0 aliphatic heterocycles. The number of hydrogen-bond donors (Lipinski definition) is 1. The third-order valence-corrected chi connectivity index (χ3v) is 5.13. The molecule has 0 aliphatic carbocycles. The van der Waals surface area contributed by atoms with E-state index in [1.165, 1.54) is 10.8 Å². The van der Waals surface area contributed by atoms with Crippen LogP contribution in [0.2, 0.25) is 5.02 Å². The smallest absolute Gasteiger partial charge is 0.338 e. The van der Waals surface area contributed by atoms with Crippen molar-refractivity contribution in [2.45, 2.75) is 6.92 Å². The van der Waals surface area contributed by atoms with Crippen LogP contribution >= 0.6 is 11.6 Å². The Bertz CT molecular complexity index is 1390. The monoisotopic (exact) mass is 446 g/mol. The molecule has 0 unspecified atom stereocenters. The van der Waals surface area contributed by atoms with Crippen LogP contribution in [0.1, 0.15) is 22.8 Å². The van der Waals surface area contributed by atoms with Gasteiger partial charge in [0.1, 0.15) is 0 Å². The minimum atomic E-state index is -0.455. The van der Waals surface area contributed by atoms with Crippen molar-refractivity contribution < 1.29 is 14.6 Å². The predicted octanol–water partition coefficient (Wildman–Crippen LogP) is 5.28. The summed E-state index contributed by atoms with van der Waals surface area (Å²) in [6, 6.07) is 20.3. The highest BCUT2D eigenvalue weighted by molar-refractivity contribution is 6.30. The molecule has 0 fully saturated rings. The molecule has 7 heteroatoms. The summed E-state index contributed by atoms with van der Waals surface area (Å²) in [7, 11) is 0. The van der Waals surface area contributed by atoms with E-state index < -0.39 is 5.97 Å². The molecule has 0 radical (unpaired) electrons. The fourth-order valence-electron chi connectivity index (χ4n) is 3.39. The number of carbonyl (C=O) groups excluding carboxylic acids is 1. The highest BCUT2D eigenvalue weighted by Crippen LogP contribution is 2.27. The molecule has 0 bridgehead atoms. The summed E-state index contributed by atoms with van der Waals surface area (Å²) in [6.07, 6.45) is 1.51. The summed E-state index contributed by atoms with van der Waals surface area (Å²) in [5, 5.41) is 12.6. The maximum absolute atomic E-state index is 13.2. The van der Waals surface area contributed by atoms with Gasteiger partial charge in [-0.25, -0.2) is 9.36 Å². The van der Waals surface area contributed by atoms with E-state index in [1.807, 2.05) is 0 Å². The molecule has 32 heavy (non-hydrogen) atoms. The Kier molecular flexibility index (Phi) is 6.05. The number of carbonyl (C=O) groups is 1. The first-order valence-corrected chi connectivity index (χ1v) is 10.3. The largest absolute Gasteiger partial charge is 0.494 e. The van der Waals surface area contributed by atoms with Crippen LogP contribution < -0.4 is 5.56 Å². The number of halogens is 1. The zero-order valence-electron chi connectivity index (χ0n) is 17.2. The second-order valence-electron chi connectivity index (χ2n) is 6.93. The summed E-state index contributed by atoms with van der Waals surface area (Å²) in [5.74, 6) is -0.716. The maximum atomic E-state index is 13.2. The summed E-state index contributed by atoms with van der Waals surface area (Å²) < 4.78 is 6.19. The Morgan fingerprint density at radius 1 is 1.06 bits per heavy atom. The first kappa shape index (κ1) is 21.3. The molecule has 1 N–H and O–H groups in total. The molecule has 0 saturated heterocycles. The Balaban J connectivity index is 1.87. The third kappa shape index (κ3) is 4.13. The van der Waals surface area contributed by atoms with E-state index in [1.54, 1.807) is 79.7 Å². The number of hydrogen-bond acceptors (Lipinski definition) is 5. The van der Waals surface area contributed by atoms with Crippen molar-refractivity contribution in [3.63, 3.8) is 0 Å². The molecule has 0 spiro atoms. The lowest BCUT2D eigenvalue weighted by Gasteiger charge is -2.14. The summed E-state index contributed by atoms with van der Waals surface area (Å²) in [4.78, 5) is 29.5. The molecule has 6 nitrogen and oxygen atoms in total. The number of aromatic nitrogens is 1. The molecular weight excluding hydrogens is 428 g/mol. The lowest BCUT2D eigenvalue weighted by Crippen LogP contribution is -2.20. The van der Waals surface area contributed by atoms with Gasteiger partial charge < -0.3 is 9.84 Å². The molecule has 0 amide bonds. The quantitative estimate of drug-likeness (QED) is 0.334. The van der Waals surface area contributed by atoms with Crippen molar-refractivity contribution in [1.82, 2.24) is 4.57 Å². The third-order valence-electron chi connectivity index (χ3n) is 4.89. The first-order valence-electron chi connectivity index (χ1n) is 9.93. The van der Waals surface area contributed by atoms with Gasteiger partial charge in [0, 0.05) is 22.0 Å². The van der Waals surface area contributed by atoms with E-state index >= 15 is 0 Å². The number of fused-ring (bicyclic) bond motifs is 1. The average molecular weight is 447 g/mol.